The first kappa shape index (κ1) is 15.6. The van der Waals surface area contributed by atoms with Gasteiger partial charge in [0.05, 0.1) is 25.7 Å². The van der Waals surface area contributed by atoms with E-state index in [4.69, 9.17) is 4.74 Å². The Balaban J connectivity index is 2.15. The van der Waals surface area contributed by atoms with Gasteiger partial charge in [0.2, 0.25) is 0 Å². The average Bonchev–Trinajstić information content (AvgIpc) is 2.55. The van der Waals surface area contributed by atoms with E-state index in [1.807, 2.05) is 0 Å². The van der Waals surface area contributed by atoms with Crippen molar-refractivity contribution in [3.8, 4) is 11.5 Å². The summed E-state index contributed by atoms with van der Waals surface area (Å²) in [6.45, 7) is 0.131. The lowest BCUT2D eigenvalue weighted by atomic mass is 10.0. The van der Waals surface area contributed by atoms with Crippen LogP contribution in [0.25, 0.3) is 0 Å². The van der Waals surface area contributed by atoms with Crippen molar-refractivity contribution in [3.05, 3.63) is 59.7 Å². The Labute approximate surface area is 128 Å². The van der Waals surface area contributed by atoms with Gasteiger partial charge in [-0.05, 0) is 36.4 Å². The van der Waals surface area contributed by atoms with Gasteiger partial charge in [0, 0.05) is 5.56 Å². The zero-order valence-electron chi connectivity index (χ0n) is 12.1. The summed E-state index contributed by atoms with van der Waals surface area (Å²) >= 11 is 0. The van der Waals surface area contributed by atoms with Crippen molar-refractivity contribution in [1.29, 1.82) is 0 Å². The molecule has 1 N–H and O–H groups in total. The first-order valence-corrected chi connectivity index (χ1v) is 6.74. The van der Waals surface area contributed by atoms with Crippen molar-refractivity contribution in [3.63, 3.8) is 0 Å². The third-order valence-corrected chi connectivity index (χ3v) is 3.05. The molecule has 2 aromatic rings. The van der Waals surface area contributed by atoms with Crippen LogP contribution >= 0.6 is 0 Å². The molecule has 0 atom stereocenters. The van der Waals surface area contributed by atoms with Crippen LogP contribution in [0, 0.1) is 0 Å². The van der Waals surface area contributed by atoms with Gasteiger partial charge in [-0.25, -0.2) is 0 Å². The lowest BCUT2D eigenvalue weighted by molar-refractivity contribution is -0.141. The Morgan fingerprint density at radius 2 is 1.73 bits per heavy atom. The molecule has 0 aliphatic heterocycles. The summed E-state index contributed by atoms with van der Waals surface area (Å²) in [4.78, 5) is 23.6. The van der Waals surface area contributed by atoms with Crippen LogP contribution < -0.4 is 4.74 Å². The second-order valence-corrected chi connectivity index (χ2v) is 4.55. The number of ether oxygens (including phenoxy) is 2. The van der Waals surface area contributed by atoms with Crippen LogP contribution in [0.2, 0.25) is 0 Å². The molecule has 0 aromatic heterocycles. The summed E-state index contributed by atoms with van der Waals surface area (Å²) in [7, 11) is 1.31. The number of rotatable bonds is 6. The second kappa shape index (κ2) is 7.26. The zero-order valence-corrected chi connectivity index (χ0v) is 12.1. The number of hydrogen-bond acceptors (Lipinski definition) is 5. The standard InChI is InChI=1S/C17H16O5/c1-21-16(19)10-11-22-15-5-3-2-4-14(15)17(20)12-6-8-13(18)9-7-12/h2-9,18H,10-11H2,1H3. The fourth-order valence-corrected chi connectivity index (χ4v) is 1.89. The van der Waals surface area contributed by atoms with Crippen molar-refractivity contribution < 1.29 is 24.2 Å². The number of methoxy groups -OCH3 is 1. The molecule has 0 fully saturated rings. The minimum absolute atomic E-state index is 0.0964. The molecule has 0 unspecified atom stereocenters. The summed E-state index contributed by atoms with van der Waals surface area (Å²) in [6.07, 6.45) is 0.109. The molecule has 0 radical (unpaired) electrons. The Kier molecular flexibility index (Phi) is 5.14. The molecule has 114 valence electrons. The van der Waals surface area contributed by atoms with Crippen molar-refractivity contribution in [2.24, 2.45) is 0 Å². The molecule has 0 saturated carbocycles. The SMILES string of the molecule is COC(=O)CCOc1ccccc1C(=O)c1ccc(O)cc1. The highest BCUT2D eigenvalue weighted by molar-refractivity contribution is 6.10. The van der Waals surface area contributed by atoms with Crippen LogP contribution in [-0.4, -0.2) is 30.6 Å². The van der Waals surface area contributed by atoms with Gasteiger partial charge in [0.25, 0.3) is 0 Å². The van der Waals surface area contributed by atoms with E-state index in [-0.39, 0.29) is 30.5 Å². The Morgan fingerprint density at radius 3 is 2.41 bits per heavy atom. The third kappa shape index (κ3) is 3.85. The van der Waals surface area contributed by atoms with E-state index in [1.165, 1.54) is 19.2 Å². The van der Waals surface area contributed by atoms with Gasteiger partial charge < -0.3 is 14.6 Å². The minimum atomic E-state index is -0.373. The van der Waals surface area contributed by atoms with Crippen LogP contribution in [0.4, 0.5) is 0 Å². The van der Waals surface area contributed by atoms with E-state index in [2.05, 4.69) is 4.74 Å². The average molecular weight is 300 g/mol. The maximum absolute atomic E-state index is 12.5. The molecule has 5 heteroatoms. The molecular formula is C17H16O5. The number of para-hydroxylation sites is 1. The van der Waals surface area contributed by atoms with E-state index in [0.717, 1.165) is 0 Å². The fourth-order valence-electron chi connectivity index (χ4n) is 1.89. The topological polar surface area (TPSA) is 72.8 Å². The number of carbonyl (C=O) groups is 2. The number of phenolic OH excluding ortho intramolecular Hbond substituents is 1. The van der Waals surface area contributed by atoms with Crippen molar-refractivity contribution in [1.82, 2.24) is 0 Å². The van der Waals surface area contributed by atoms with Gasteiger partial charge in [-0.2, -0.15) is 0 Å². The number of carbonyl (C=O) groups excluding carboxylic acids is 2. The predicted octanol–water partition coefficient (Wildman–Crippen LogP) is 2.57. The Hall–Kier alpha value is -2.82. The summed E-state index contributed by atoms with van der Waals surface area (Å²) in [5.41, 5.74) is 0.847. The van der Waals surface area contributed by atoms with E-state index < -0.39 is 0 Å². The molecular weight excluding hydrogens is 284 g/mol. The molecule has 2 aromatic carbocycles. The molecule has 0 bridgehead atoms. The van der Waals surface area contributed by atoms with Crippen LogP contribution in [0.3, 0.4) is 0 Å². The first-order valence-electron chi connectivity index (χ1n) is 6.74. The van der Waals surface area contributed by atoms with E-state index in [9.17, 15) is 14.7 Å². The maximum atomic E-state index is 12.5. The lowest BCUT2D eigenvalue weighted by Gasteiger charge is -2.10. The molecule has 0 amide bonds. The summed E-state index contributed by atoms with van der Waals surface area (Å²) in [5, 5.41) is 9.28. The van der Waals surface area contributed by atoms with Crippen LogP contribution in [0.5, 0.6) is 11.5 Å². The number of esters is 1. The highest BCUT2D eigenvalue weighted by atomic mass is 16.5. The molecule has 22 heavy (non-hydrogen) atoms. The van der Waals surface area contributed by atoms with Gasteiger partial charge in [0.1, 0.15) is 11.5 Å². The smallest absolute Gasteiger partial charge is 0.308 e. The van der Waals surface area contributed by atoms with Crippen LogP contribution in [-0.2, 0) is 9.53 Å². The number of phenols is 1. The van der Waals surface area contributed by atoms with Gasteiger partial charge in [-0.15, -0.1) is 0 Å². The number of hydrogen-bond donors (Lipinski definition) is 1. The number of aromatic hydroxyl groups is 1. The normalized spacial score (nSPS) is 10.0. The molecule has 0 heterocycles. The quantitative estimate of drug-likeness (QED) is 0.655. The minimum Gasteiger partial charge on any atom is -0.508 e. The van der Waals surface area contributed by atoms with Gasteiger partial charge >= 0.3 is 5.97 Å². The third-order valence-electron chi connectivity index (χ3n) is 3.05. The summed E-state index contributed by atoms with van der Waals surface area (Å²) in [5.74, 6) is -0.0837. The molecule has 0 aliphatic carbocycles. The Bertz CT molecular complexity index is 661. The van der Waals surface area contributed by atoms with Gasteiger partial charge in [-0.3, -0.25) is 9.59 Å². The lowest BCUT2D eigenvalue weighted by Crippen LogP contribution is -2.10. The van der Waals surface area contributed by atoms with Gasteiger partial charge in [-0.1, -0.05) is 12.1 Å². The molecule has 0 aliphatic rings. The van der Waals surface area contributed by atoms with E-state index in [1.54, 1.807) is 36.4 Å². The predicted molar refractivity (Wildman–Crippen MR) is 80.1 cm³/mol. The largest absolute Gasteiger partial charge is 0.508 e. The monoisotopic (exact) mass is 300 g/mol. The van der Waals surface area contributed by atoms with E-state index >= 15 is 0 Å². The highest BCUT2D eigenvalue weighted by Crippen LogP contribution is 2.22. The maximum Gasteiger partial charge on any atom is 0.308 e. The highest BCUT2D eigenvalue weighted by Gasteiger charge is 2.14. The van der Waals surface area contributed by atoms with Crippen molar-refractivity contribution in [2.75, 3.05) is 13.7 Å². The van der Waals surface area contributed by atoms with Crippen LogP contribution in [0.1, 0.15) is 22.3 Å². The van der Waals surface area contributed by atoms with Gasteiger partial charge in [0.15, 0.2) is 5.78 Å². The summed E-state index contributed by atoms with van der Waals surface area (Å²) in [6, 6.07) is 12.8. The summed E-state index contributed by atoms with van der Waals surface area (Å²) < 4.78 is 10.0. The van der Waals surface area contributed by atoms with Crippen LogP contribution in [0.15, 0.2) is 48.5 Å². The zero-order chi connectivity index (χ0) is 15.9. The first-order chi connectivity index (χ1) is 10.6. The molecule has 5 nitrogen and oxygen atoms in total. The van der Waals surface area contributed by atoms with Crippen molar-refractivity contribution >= 4 is 11.8 Å². The van der Waals surface area contributed by atoms with E-state index in [0.29, 0.717) is 16.9 Å². The number of benzene rings is 2. The fraction of sp³-hybridized carbons (Fsp3) is 0.176. The molecule has 0 spiro atoms. The molecule has 2 rings (SSSR count). The van der Waals surface area contributed by atoms with Crippen molar-refractivity contribution in [2.45, 2.75) is 6.42 Å². The second-order valence-electron chi connectivity index (χ2n) is 4.55. The Morgan fingerprint density at radius 1 is 1.05 bits per heavy atom. The molecule has 0 saturated heterocycles. The number of ketones is 1.